The minimum atomic E-state index is -0.635. The molecule has 4 aromatic rings. The number of nitrogens with zero attached hydrogens (tertiary/aromatic N) is 7. The normalized spacial score (nSPS) is 14.7. The first-order valence-electron chi connectivity index (χ1n) is 14.2. The number of fused-ring (bicyclic) bond motifs is 1. The maximum atomic E-state index is 15.0. The summed E-state index contributed by atoms with van der Waals surface area (Å²) in [6, 6.07) is 6.96. The summed E-state index contributed by atoms with van der Waals surface area (Å²) in [5.41, 5.74) is 2.32. The zero-order chi connectivity index (χ0) is 28.8. The topological polar surface area (TPSA) is 75.0 Å². The Bertz CT molecular complexity index is 1420. The van der Waals surface area contributed by atoms with Crippen molar-refractivity contribution < 1.29 is 8.78 Å². The Morgan fingerprint density at radius 3 is 2.38 bits per heavy atom. The molecule has 10 heteroatoms. The molecule has 0 amide bonds. The maximum absolute atomic E-state index is 15.0. The third-order valence-corrected chi connectivity index (χ3v) is 7.06. The number of hydrogen-bond acceptors (Lipinski definition) is 7. The van der Waals surface area contributed by atoms with Crippen molar-refractivity contribution in [3.8, 4) is 11.3 Å². The van der Waals surface area contributed by atoms with Gasteiger partial charge < -0.3 is 14.8 Å². The Hall–Kier alpha value is -3.50. The van der Waals surface area contributed by atoms with E-state index < -0.39 is 11.6 Å². The van der Waals surface area contributed by atoms with E-state index >= 15 is 0 Å². The highest BCUT2D eigenvalue weighted by atomic mass is 19.1. The van der Waals surface area contributed by atoms with Crippen LogP contribution in [0.2, 0.25) is 0 Å². The highest BCUT2D eigenvalue weighted by molar-refractivity contribution is 5.83. The summed E-state index contributed by atoms with van der Waals surface area (Å²) in [7, 11) is 0. The van der Waals surface area contributed by atoms with Gasteiger partial charge in [-0.3, -0.25) is 4.90 Å². The van der Waals surface area contributed by atoms with E-state index in [2.05, 4.69) is 42.0 Å². The summed E-state index contributed by atoms with van der Waals surface area (Å²) < 4.78 is 31.7. The zero-order valence-corrected chi connectivity index (χ0v) is 24.4. The van der Waals surface area contributed by atoms with Gasteiger partial charge in [0.25, 0.3) is 0 Å². The van der Waals surface area contributed by atoms with Crippen molar-refractivity contribution in [1.82, 2.24) is 34.3 Å². The molecule has 0 bridgehead atoms. The Labute approximate surface area is 235 Å². The predicted octanol–water partition coefficient (Wildman–Crippen LogP) is 6.35. The number of halogens is 2. The smallest absolute Gasteiger partial charge is 0.229 e. The molecule has 0 aliphatic carbocycles. The summed E-state index contributed by atoms with van der Waals surface area (Å²) in [6.07, 6.45) is 4.10. The average Bonchev–Trinajstić information content (AvgIpc) is 3.13. The lowest BCUT2D eigenvalue weighted by Gasteiger charge is -2.20. The quantitative estimate of drug-likeness (QED) is 0.287. The van der Waals surface area contributed by atoms with Crippen LogP contribution in [0.25, 0.3) is 22.3 Å². The molecule has 1 saturated heterocycles. The molecule has 1 fully saturated rings. The fraction of sp³-hybridized carbons (Fsp3) is 0.467. The van der Waals surface area contributed by atoms with Gasteiger partial charge in [0.15, 0.2) is 11.6 Å². The van der Waals surface area contributed by atoms with Crippen LogP contribution in [-0.4, -0.2) is 67.0 Å². The zero-order valence-electron chi connectivity index (χ0n) is 24.4. The number of likely N-dealkylation sites (N-methyl/N-ethyl adjacent to an activating group) is 1. The molecule has 0 saturated carbocycles. The van der Waals surface area contributed by atoms with Crippen molar-refractivity contribution in [3.05, 3.63) is 59.7 Å². The van der Waals surface area contributed by atoms with Gasteiger partial charge in [-0.1, -0.05) is 26.8 Å². The van der Waals surface area contributed by atoms with Gasteiger partial charge in [-0.15, -0.1) is 0 Å². The van der Waals surface area contributed by atoms with Crippen molar-refractivity contribution >= 4 is 22.8 Å². The second kappa shape index (κ2) is 13.2. The molecule has 0 spiro atoms. The summed E-state index contributed by atoms with van der Waals surface area (Å²) in [5, 5.41) is 3.05. The second-order valence-electron chi connectivity index (χ2n) is 10.1. The van der Waals surface area contributed by atoms with Gasteiger partial charge >= 0.3 is 0 Å². The van der Waals surface area contributed by atoms with Crippen LogP contribution < -0.4 is 5.32 Å². The molecule has 214 valence electrons. The van der Waals surface area contributed by atoms with E-state index in [-0.39, 0.29) is 23.2 Å². The number of pyridine rings is 1. The SMILES string of the molecule is CC.CCN1CCCN(Cc2ccc(Nc3ncc(F)c(-c4cc(F)c5nc(C)n(C(C)C)c5c4)n3)nc2)CC1. The summed E-state index contributed by atoms with van der Waals surface area (Å²) >= 11 is 0. The Kier molecular flexibility index (Phi) is 9.76. The number of anilines is 2. The highest BCUT2D eigenvalue weighted by Gasteiger charge is 2.19. The number of hydrogen-bond donors (Lipinski definition) is 1. The van der Waals surface area contributed by atoms with Gasteiger partial charge in [0.2, 0.25) is 5.95 Å². The molecule has 3 aromatic heterocycles. The van der Waals surface area contributed by atoms with Crippen LogP contribution in [0.1, 0.15) is 58.5 Å². The molecule has 4 heterocycles. The first-order valence-corrected chi connectivity index (χ1v) is 14.2. The standard InChI is InChI=1S/C28H34F2N8.C2H6/c1-5-36-9-6-10-37(12-11-36)17-20-7-8-25(31-15-20)34-28-32-16-23(30)26(35-28)21-13-22(29)27-24(14-21)38(18(2)3)19(4)33-27;1-2/h7-8,13-16,18H,5-6,9-12,17H2,1-4H3,(H,31,32,34,35);1-2H3. The molecule has 5 rings (SSSR count). The van der Waals surface area contributed by atoms with Crippen LogP contribution in [0, 0.1) is 18.6 Å². The van der Waals surface area contributed by atoms with Gasteiger partial charge in [0.1, 0.15) is 22.9 Å². The van der Waals surface area contributed by atoms with E-state index in [1.54, 1.807) is 6.07 Å². The summed E-state index contributed by atoms with van der Waals surface area (Å²) in [4.78, 5) is 22.2. The van der Waals surface area contributed by atoms with Crippen molar-refractivity contribution in [2.45, 2.75) is 60.5 Å². The number of benzene rings is 1. The maximum Gasteiger partial charge on any atom is 0.229 e. The number of imidazole rings is 1. The second-order valence-corrected chi connectivity index (χ2v) is 10.1. The lowest BCUT2D eigenvalue weighted by Crippen LogP contribution is -2.30. The minimum absolute atomic E-state index is 0.0105. The minimum Gasteiger partial charge on any atom is -0.326 e. The largest absolute Gasteiger partial charge is 0.326 e. The first kappa shape index (κ1) is 29.5. The molecule has 1 aliphatic rings. The van der Waals surface area contributed by atoms with Crippen molar-refractivity contribution in [1.29, 1.82) is 0 Å². The number of aromatic nitrogens is 5. The Morgan fingerprint density at radius 1 is 0.925 bits per heavy atom. The molecule has 0 radical (unpaired) electrons. The molecule has 8 nitrogen and oxygen atoms in total. The van der Waals surface area contributed by atoms with Crippen LogP contribution in [-0.2, 0) is 6.54 Å². The number of rotatable bonds is 7. The molecule has 0 unspecified atom stereocenters. The third-order valence-electron chi connectivity index (χ3n) is 7.06. The lowest BCUT2D eigenvalue weighted by atomic mass is 10.1. The van der Waals surface area contributed by atoms with Crippen LogP contribution in [0.4, 0.5) is 20.5 Å². The lowest BCUT2D eigenvalue weighted by molar-refractivity contribution is 0.257. The average molecular weight is 551 g/mol. The van der Waals surface area contributed by atoms with E-state index in [4.69, 9.17) is 0 Å². The van der Waals surface area contributed by atoms with Gasteiger partial charge in [-0.05, 0) is 70.6 Å². The Balaban J connectivity index is 0.00000181. The van der Waals surface area contributed by atoms with Gasteiger partial charge in [-0.25, -0.2) is 28.7 Å². The molecule has 1 aliphatic heterocycles. The van der Waals surface area contributed by atoms with Gasteiger partial charge in [0, 0.05) is 37.4 Å². The molecule has 1 N–H and O–H groups in total. The van der Waals surface area contributed by atoms with Crippen molar-refractivity contribution in [2.24, 2.45) is 0 Å². The predicted molar refractivity (Wildman–Crippen MR) is 157 cm³/mol. The molecule has 0 atom stereocenters. The van der Waals surface area contributed by atoms with Crippen LogP contribution in [0.3, 0.4) is 0 Å². The monoisotopic (exact) mass is 550 g/mol. The fourth-order valence-electron chi connectivity index (χ4n) is 5.15. The van der Waals surface area contributed by atoms with E-state index in [0.717, 1.165) is 51.0 Å². The number of nitrogens with one attached hydrogen (secondary N) is 1. The van der Waals surface area contributed by atoms with Crippen LogP contribution in [0.15, 0.2) is 36.7 Å². The third kappa shape index (κ3) is 6.62. The Morgan fingerprint density at radius 2 is 1.68 bits per heavy atom. The molecule has 1 aromatic carbocycles. The van der Waals surface area contributed by atoms with Gasteiger partial charge in [-0.2, -0.15) is 0 Å². The van der Waals surface area contributed by atoms with Crippen molar-refractivity contribution in [3.63, 3.8) is 0 Å². The molecular formula is C30H40F2N8. The summed E-state index contributed by atoms with van der Waals surface area (Å²) in [6.45, 7) is 18.3. The van der Waals surface area contributed by atoms with Gasteiger partial charge in [0.05, 0.1) is 11.7 Å². The molecule has 40 heavy (non-hydrogen) atoms. The van der Waals surface area contributed by atoms with E-state index in [1.807, 2.05) is 57.5 Å². The highest BCUT2D eigenvalue weighted by Crippen LogP contribution is 2.30. The molecular weight excluding hydrogens is 510 g/mol. The summed E-state index contributed by atoms with van der Waals surface area (Å²) in [5.74, 6) is 0.280. The van der Waals surface area contributed by atoms with E-state index in [1.165, 1.54) is 12.5 Å². The van der Waals surface area contributed by atoms with E-state index in [9.17, 15) is 8.78 Å². The van der Waals surface area contributed by atoms with Crippen LogP contribution >= 0.6 is 0 Å². The fourth-order valence-corrected chi connectivity index (χ4v) is 5.15. The van der Waals surface area contributed by atoms with E-state index in [0.29, 0.717) is 22.7 Å². The van der Waals surface area contributed by atoms with Crippen molar-refractivity contribution in [2.75, 3.05) is 38.0 Å². The number of aryl methyl sites for hydroxylation is 1. The van der Waals surface area contributed by atoms with Crippen LogP contribution in [0.5, 0.6) is 0 Å². The first-order chi connectivity index (χ1) is 19.3.